The second-order valence-corrected chi connectivity index (χ2v) is 6.08. The van der Waals surface area contributed by atoms with Gasteiger partial charge in [0.15, 0.2) is 0 Å². The second-order valence-electron chi connectivity index (χ2n) is 6.08. The smallest absolute Gasteiger partial charge is 0.361 e. The third kappa shape index (κ3) is 4.31. The molecular weight excluding hydrogens is 325 g/mol. The summed E-state index contributed by atoms with van der Waals surface area (Å²) in [6, 6.07) is 13.4. The van der Waals surface area contributed by atoms with Crippen molar-refractivity contribution in [2.45, 2.75) is 12.7 Å². The van der Waals surface area contributed by atoms with Crippen LogP contribution in [0.25, 0.3) is 17.0 Å². The lowest BCUT2D eigenvalue weighted by molar-refractivity contribution is -0.137. The number of likely N-dealkylation sites (N-methyl/N-ethyl adjacent to an activating group) is 1. The van der Waals surface area contributed by atoms with E-state index in [9.17, 15) is 13.2 Å². The summed E-state index contributed by atoms with van der Waals surface area (Å²) < 4.78 is 37.6. The summed E-state index contributed by atoms with van der Waals surface area (Å²) in [6.07, 6.45) is 1.43. The van der Waals surface area contributed by atoms with Gasteiger partial charge in [0.2, 0.25) is 0 Å². The van der Waals surface area contributed by atoms with Gasteiger partial charge in [-0.1, -0.05) is 42.5 Å². The number of hydrogen-bond acceptors (Lipinski definition) is 1. The average molecular weight is 344 g/mol. The summed E-state index contributed by atoms with van der Waals surface area (Å²) in [7, 11) is 2.01. The molecule has 2 nitrogen and oxygen atoms in total. The van der Waals surface area contributed by atoms with Crippen molar-refractivity contribution >= 4 is 17.0 Å². The molecule has 1 heterocycles. The Kier molecular flexibility index (Phi) is 4.95. The number of aromatic amines is 1. The third-order valence-corrected chi connectivity index (χ3v) is 4.08. The maximum atomic E-state index is 12.5. The van der Waals surface area contributed by atoms with Gasteiger partial charge in [0.05, 0.1) is 5.56 Å². The zero-order valence-electron chi connectivity index (χ0n) is 13.8. The van der Waals surface area contributed by atoms with Crippen LogP contribution < -0.4 is 0 Å². The fraction of sp³-hybridized carbons (Fsp3) is 0.200. The quantitative estimate of drug-likeness (QED) is 0.663. The highest BCUT2D eigenvalue weighted by molar-refractivity contribution is 5.82. The molecule has 0 amide bonds. The van der Waals surface area contributed by atoms with E-state index in [0.717, 1.165) is 29.8 Å². The van der Waals surface area contributed by atoms with Crippen LogP contribution in [0, 0.1) is 0 Å². The van der Waals surface area contributed by atoms with E-state index >= 15 is 0 Å². The summed E-state index contributed by atoms with van der Waals surface area (Å²) in [5.41, 5.74) is 2.49. The van der Waals surface area contributed by atoms with E-state index in [4.69, 9.17) is 0 Å². The average Bonchev–Trinajstić information content (AvgIpc) is 3.04. The van der Waals surface area contributed by atoms with Crippen LogP contribution in [0.3, 0.4) is 0 Å². The zero-order chi connectivity index (χ0) is 17.9. The van der Waals surface area contributed by atoms with Crippen molar-refractivity contribution in [1.29, 1.82) is 0 Å². The van der Waals surface area contributed by atoms with Crippen LogP contribution in [0.5, 0.6) is 0 Å². The van der Waals surface area contributed by atoms with Gasteiger partial charge in [0.25, 0.3) is 0 Å². The largest absolute Gasteiger partial charge is 0.416 e. The van der Waals surface area contributed by atoms with Gasteiger partial charge < -0.3 is 4.98 Å². The molecule has 0 unspecified atom stereocenters. The summed E-state index contributed by atoms with van der Waals surface area (Å²) >= 11 is 0. The van der Waals surface area contributed by atoms with Gasteiger partial charge in [-0.2, -0.15) is 13.2 Å². The summed E-state index contributed by atoms with van der Waals surface area (Å²) in [6.45, 7) is 1.49. The number of hydrogen-bond donors (Lipinski definition) is 1. The number of nitrogens with zero attached hydrogens (tertiary/aromatic N) is 1. The number of alkyl halides is 3. The molecule has 3 rings (SSSR count). The van der Waals surface area contributed by atoms with E-state index in [1.165, 1.54) is 23.1 Å². The van der Waals surface area contributed by atoms with Crippen molar-refractivity contribution in [1.82, 2.24) is 9.88 Å². The predicted octanol–water partition coefficient (Wildman–Crippen LogP) is 5.33. The fourth-order valence-corrected chi connectivity index (χ4v) is 2.79. The van der Waals surface area contributed by atoms with Gasteiger partial charge in [-0.3, -0.25) is 4.90 Å². The van der Waals surface area contributed by atoms with Crippen LogP contribution in [-0.4, -0.2) is 23.5 Å². The summed E-state index contributed by atoms with van der Waals surface area (Å²) in [5, 5.41) is 1.19. The normalized spacial score (nSPS) is 12.5. The molecule has 0 atom stereocenters. The lowest BCUT2D eigenvalue weighted by atomic mass is 10.1. The first-order valence-electron chi connectivity index (χ1n) is 8.01. The lowest BCUT2D eigenvalue weighted by Gasteiger charge is -2.15. The number of H-pyrrole nitrogens is 1. The van der Waals surface area contributed by atoms with Gasteiger partial charge >= 0.3 is 6.18 Å². The van der Waals surface area contributed by atoms with Crippen molar-refractivity contribution in [3.63, 3.8) is 0 Å². The predicted molar refractivity (Wildman–Crippen MR) is 95.1 cm³/mol. The van der Waals surface area contributed by atoms with Crippen LogP contribution in [0.15, 0.2) is 60.8 Å². The van der Waals surface area contributed by atoms with E-state index in [-0.39, 0.29) is 0 Å². The number of halogens is 3. The maximum absolute atomic E-state index is 12.5. The molecule has 1 N–H and O–H groups in total. The molecule has 0 saturated carbocycles. The molecule has 5 heteroatoms. The van der Waals surface area contributed by atoms with E-state index in [2.05, 4.69) is 22.0 Å². The summed E-state index contributed by atoms with van der Waals surface area (Å²) in [4.78, 5) is 5.41. The van der Waals surface area contributed by atoms with Crippen LogP contribution in [0.2, 0.25) is 0 Å². The van der Waals surface area contributed by atoms with Gasteiger partial charge in [-0.25, -0.2) is 0 Å². The Hall–Kier alpha value is -2.53. The van der Waals surface area contributed by atoms with Gasteiger partial charge in [0, 0.05) is 24.8 Å². The summed E-state index contributed by atoms with van der Waals surface area (Å²) in [5.74, 6) is 0. The highest BCUT2D eigenvalue weighted by atomic mass is 19.4. The minimum Gasteiger partial charge on any atom is -0.361 e. The van der Waals surface area contributed by atoms with E-state index in [1.54, 1.807) is 0 Å². The zero-order valence-corrected chi connectivity index (χ0v) is 13.8. The van der Waals surface area contributed by atoms with Crippen LogP contribution in [-0.2, 0) is 12.7 Å². The molecule has 2 aromatic carbocycles. The first-order chi connectivity index (χ1) is 11.9. The molecule has 1 aromatic heterocycles. The Morgan fingerprint density at radius 3 is 2.52 bits per heavy atom. The topological polar surface area (TPSA) is 19.0 Å². The molecule has 0 fully saturated rings. The number of rotatable bonds is 5. The molecule has 0 radical (unpaired) electrons. The van der Waals surface area contributed by atoms with Gasteiger partial charge in [-0.05, 0) is 41.8 Å². The Morgan fingerprint density at radius 2 is 1.80 bits per heavy atom. The Labute approximate surface area is 144 Å². The maximum Gasteiger partial charge on any atom is 0.416 e. The van der Waals surface area contributed by atoms with Crippen LogP contribution in [0.1, 0.15) is 16.7 Å². The van der Waals surface area contributed by atoms with E-state index in [0.29, 0.717) is 6.54 Å². The molecule has 0 bridgehead atoms. The highest BCUT2D eigenvalue weighted by Gasteiger charge is 2.29. The SMILES string of the molecule is CN(CC=Cc1ccc(C(F)(F)F)cc1)Cc1cccc2cc[nH]c12. The van der Waals surface area contributed by atoms with Crippen LogP contribution in [0.4, 0.5) is 13.2 Å². The molecule has 0 spiro atoms. The third-order valence-electron chi connectivity index (χ3n) is 4.08. The second kappa shape index (κ2) is 7.15. The Morgan fingerprint density at radius 1 is 1.04 bits per heavy atom. The number of para-hydroxylation sites is 1. The standard InChI is InChI=1S/C20H19F3N2/c1-25(14-17-6-2-5-16-11-12-24-19(16)17)13-3-4-15-7-9-18(10-8-15)20(21,22)23/h2-12,24H,13-14H2,1H3. The van der Waals surface area contributed by atoms with Gasteiger partial charge in [0.1, 0.15) is 0 Å². The Bertz CT molecular complexity index is 861. The molecule has 130 valence electrons. The van der Waals surface area contributed by atoms with Gasteiger partial charge in [-0.15, -0.1) is 0 Å². The van der Waals surface area contributed by atoms with E-state index < -0.39 is 11.7 Å². The molecule has 0 aliphatic rings. The molecular formula is C20H19F3N2. The monoisotopic (exact) mass is 344 g/mol. The number of nitrogens with one attached hydrogen (secondary N) is 1. The van der Waals surface area contributed by atoms with E-state index in [1.807, 2.05) is 37.5 Å². The number of benzene rings is 2. The molecule has 3 aromatic rings. The molecule has 0 aliphatic carbocycles. The first kappa shape index (κ1) is 17.3. The first-order valence-corrected chi connectivity index (χ1v) is 8.01. The molecule has 0 aliphatic heterocycles. The lowest BCUT2D eigenvalue weighted by Crippen LogP contribution is -2.17. The number of aromatic nitrogens is 1. The number of fused-ring (bicyclic) bond motifs is 1. The van der Waals surface area contributed by atoms with Crippen molar-refractivity contribution in [2.75, 3.05) is 13.6 Å². The van der Waals surface area contributed by atoms with Crippen molar-refractivity contribution < 1.29 is 13.2 Å². The van der Waals surface area contributed by atoms with Crippen LogP contribution >= 0.6 is 0 Å². The molecule has 25 heavy (non-hydrogen) atoms. The fourth-order valence-electron chi connectivity index (χ4n) is 2.79. The minimum atomic E-state index is -4.29. The Balaban J connectivity index is 1.59. The highest BCUT2D eigenvalue weighted by Crippen LogP contribution is 2.29. The van der Waals surface area contributed by atoms with Crippen molar-refractivity contribution in [3.05, 3.63) is 77.5 Å². The minimum absolute atomic E-state index is 0.624. The van der Waals surface area contributed by atoms with Crippen molar-refractivity contribution in [3.8, 4) is 0 Å². The van der Waals surface area contributed by atoms with Crippen molar-refractivity contribution in [2.24, 2.45) is 0 Å². The molecule has 0 saturated heterocycles.